The number of pyridine rings is 2. The minimum atomic E-state index is -1.05. The molecule has 0 spiro atoms. The summed E-state index contributed by atoms with van der Waals surface area (Å²) in [5.41, 5.74) is 5.52. The van der Waals surface area contributed by atoms with Gasteiger partial charge in [-0.3, -0.25) is 4.79 Å². The van der Waals surface area contributed by atoms with Crippen molar-refractivity contribution in [3.8, 4) is 11.8 Å². The van der Waals surface area contributed by atoms with Crippen LogP contribution >= 0.6 is 0 Å². The third kappa shape index (κ3) is 4.04. The van der Waals surface area contributed by atoms with Gasteiger partial charge in [0.2, 0.25) is 0 Å². The summed E-state index contributed by atoms with van der Waals surface area (Å²) >= 11 is 0. The second kappa shape index (κ2) is 9.32. The minimum Gasteiger partial charge on any atom is -0.505 e. The van der Waals surface area contributed by atoms with Gasteiger partial charge in [0, 0.05) is 24.0 Å². The van der Waals surface area contributed by atoms with Crippen molar-refractivity contribution in [3.63, 3.8) is 0 Å². The predicted octanol–water partition coefficient (Wildman–Crippen LogP) is 3.87. The first-order chi connectivity index (χ1) is 17.5. The molecule has 2 aromatic heterocycles. The smallest absolute Gasteiger partial charge is 0.260 e. The highest BCUT2D eigenvalue weighted by Crippen LogP contribution is 2.37. The lowest BCUT2D eigenvalue weighted by Crippen LogP contribution is -2.59. The summed E-state index contributed by atoms with van der Waals surface area (Å²) in [6.07, 6.45) is 4.75. The monoisotopic (exact) mass is 478 g/mol. The zero-order chi connectivity index (χ0) is 25.1. The van der Waals surface area contributed by atoms with Gasteiger partial charge >= 0.3 is 0 Å². The average molecular weight is 479 g/mol. The van der Waals surface area contributed by atoms with Gasteiger partial charge in [0.15, 0.2) is 11.6 Å². The Balaban J connectivity index is 1.51. The molecule has 0 radical (unpaired) electrons. The second-order valence-corrected chi connectivity index (χ2v) is 8.31. The Bertz CT molecular complexity index is 1490. The Hall–Kier alpha value is -5.01. The van der Waals surface area contributed by atoms with Crippen LogP contribution < -0.4 is 21.2 Å². The third-order valence-electron chi connectivity index (χ3n) is 6.00. The van der Waals surface area contributed by atoms with Gasteiger partial charge < -0.3 is 15.8 Å². The quantitative estimate of drug-likeness (QED) is 0.242. The van der Waals surface area contributed by atoms with Crippen LogP contribution in [-0.4, -0.2) is 32.9 Å². The number of carbonyl (C=O) groups is 1. The molecule has 1 amide bonds. The number of phenolic OH excluding ortho intramolecular Hbond substituents is 1. The lowest BCUT2D eigenvalue weighted by Gasteiger charge is -2.36. The molecule has 5 rings (SSSR count). The van der Waals surface area contributed by atoms with Gasteiger partial charge in [-0.15, -0.1) is 0 Å². The van der Waals surface area contributed by atoms with E-state index in [9.17, 15) is 15.2 Å². The van der Waals surface area contributed by atoms with Crippen LogP contribution in [0.3, 0.4) is 0 Å². The number of amides is 1. The van der Waals surface area contributed by atoms with Gasteiger partial charge in [0.05, 0.1) is 17.3 Å². The first kappa shape index (κ1) is 22.8. The van der Waals surface area contributed by atoms with Crippen LogP contribution in [0.2, 0.25) is 0 Å². The van der Waals surface area contributed by atoms with Crippen molar-refractivity contribution in [2.24, 2.45) is 11.0 Å². The van der Waals surface area contributed by atoms with Gasteiger partial charge in [0.1, 0.15) is 17.4 Å². The van der Waals surface area contributed by atoms with Crippen LogP contribution in [0, 0.1) is 17.2 Å². The molecular formula is C26H22N8O2. The SMILES string of the molecule is CC1(NNc2c(O)c(C(=O)Nc3ccccn3)cc3ccccc23)C(C#N)C=NN1c1ccccn1. The van der Waals surface area contributed by atoms with Crippen molar-refractivity contribution < 1.29 is 9.90 Å². The van der Waals surface area contributed by atoms with Crippen LogP contribution in [-0.2, 0) is 0 Å². The van der Waals surface area contributed by atoms with E-state index in [1.54, 1.807) is 60.7 Å². The van der Waals surface area contributed by atoms with Gasteiger partial charge in [-0.05, 0) is 42.6 Å². The second-order valence-electron chi connectivity index (χ2n) is 8.31. The Morgan fingerprint density at radius 2 is 1.83 bits per heavy atom. The number of anilines is 3. The summed E-state index contributed by atoms with van der Waals surface area (Å²) in [5.74, 6) is -0.506. The molecule has 0 saturated carbocycles. The molecule has 0 aliphatic carbocycles. The van der Waals surface area contributed by atoms with Crippen LogP contribution in [0.15, 0.2) is 84.2 Å². The fourth-order valence-electron chi connectivity index (χ4n) is 4.04. The maximum absolute atomic E-state index is 13.1. The summed E-state index contributed by atoms with van der Waals surface area (Å²) < 4.78 is 0. The van der Waals surface area contributed by atoms with E-state index in [4.69, 9.17) is 0 Å². The van der Waals surface area contributed by atoms with Crippen molar-refractivity contribution in [2.45, 2.75) is 12.6 Å². The number of hydrogen-bond acceptors (Lipinski definition) is 9. The zero-order valence-electron chi connectivity index (χ0n) is 19.3. The number of fused-ring (bicyclic) bond motifs is 1. The number of benzene rings is 2. The Kier molecular flexibility index (Phi) is 5.90. The molecule has 2 unspecified atom stereocenters. The molecule has 0 saturated heterocycles. The van der Waals surface area contributed by atoms with Crippen molar-refractivity contribution in [3.05, 3.63) is 84.7 Å². The molecule has 0 fully saturated rings. The number of aromatic hydroxyl groups is 1. The van der Waals surface area contributed by atoms with E-state index in [2.05, 4.69) is 37.3 Å². The lowest BCUT2D eigenvalue weighted by molar-refractivity contribution is 0.102. The van der Waals surface area contributed by atoms with Crippen LogP contribution in [0.25, 0.3) is 10.8 Å². The molecule has 2 aromatic carbocycles. The van der Waals surface area contributed by atoms with E-state index in [0.29, 0.717) is 17.0 Å². The van der Waals surface area contributed by atoms with E-state index < -0.39 is 17.5 Å². The summed E-state index contributed by atoms with van der Waals surface area (Å²) in [6.45, 7) is 1.80. The molecule has 10 heteroatoms. The van der Waals surface area contributed by atoms with Crippen molar-refractivity contribution >= 4 is 40.2 Å². The number of phenols is 1. The number of nitrogens with zero attached hydrogens (tertiary/aromatic N) is 5. The number of nitriles is 1. The highest BCUT2D eigenvalue weighted by molar-refractivity contribution is 6.12. The van der Waals surface area contributed by atoms with E-state index in [1.807, 2.05) is 30.3 Å². The van der Waals surface area contributed by atoms with Gasteiger partial charge in [-0.25, -0.2) is 20.4 Å². The summed E-state index contributed by atoms with van der Waals surface area (Å²) in [7, 11) is 0. The maximum Gasteiger partial charge on any atom is 0.260 e. The molecule has 2 atom stereocenters. The van der Waals surface area contributed by atoms with Crippen molar-refractivity contribution in [2.75, 3.05) is 15.8 Å². The number of aromatic nitrogens is 2. The lowest BCUT2D eigenvalue weighted by atomic mass is 9.98. The summed E-state index contributed by atoms with van der Waals surface area (Å²) in [4.78, 5) is 21.5. The molecule has 3 heterocycles. The highest BCUT2D eigenvalue weighted by atomic mass is 16.3. The van der Waals surface area contributed by atoms with Crippen molar-refractivity contribution in [1.82, 2.24) is 15.4 Å². The molecule has 4 aromatic rings. The van der Waals surface area contributed by atoms with E-state index in [1.165, 1.54) is 6.21 Å². The van der Waals surface area contributed by atoms with Gasteiger partial charge in [-0.2, -0.15) is 10.4 Å². The Labute approximate surface area is 206 Å². The summed E-state index contributed by atoms with van der Waals surface area (Å²) in [5, 5.41) is 31.1. The topological polar surface area (TPSA) is 139 Å². The van der Waals surface area contributed by atoms with Gasteiger partial charge in [-0.1, -0.05) is 36.4 Å². The summed E-state index contributed by atoms with van der Waals surface area (Å²) in [6, 6.07) is 21.8. The molecule has 178 valence electrons. The number of hydrazine groups is 1. The maximum atomic E-state index is 13.1. The predicted molar refractivity (Wildman–Crippen MR) is 137 cm³/mol. The number of hydrogen-bond donors (Lipinski definition) is 4. The number of nitrogens with one attached hydrogen (secondary N) is 3. The van der Waals surface area contributed by atoms with Crippen LogP contribution in [0.5, 0.6) is 5.75 Å². The Morgan fingerprint density at radius 1 is 1.08 bits per heavy atom. The third-order valence-corrected chi connectivity index (χ3v) is 6.00. The first-order valence-corrected chi connectivity index (χ1v) is 11.2. The normalized spacial score (nSPS) is 18.7. The minimum absolute atomic E-state index is 0.0647. The molecular weight excluding hydrogens is 456 g/mol. The number of rotatable bonds is 6. The van der Waals surface area contributed by atoms with Crippen molar-refractivity contribution in [1.29, 1.82) is 5.26 Å². The first-order valence-electron chi connectivity index (χ1n) is 11.2. The van der Waals surface area contributed by atoms with Gasteiger partial charge in [0.25, 0.3) is 5.91 Å². The highest BCUT2D eigenvalue weighted by Gasteiger charge is 2.45. The fraction of sp³-hybridized carbons (Fsp3) is 0.115. The fourth-order valence-corrected chi connectivity index (χ4v) is 4.04. The molecule has 0 bridgehead atoms. The number of hydrazone groups is 1. The van der Waals surface area contributed by atoms with E-state index in [-0.39, 0.29) is 17.0 Å². The Morgan fingerprint density at radius 3 is 2.56 bits per heavy atom. The molecule has 36 heavy (non-hydrogen) atoms. The largest absolute Gasteiger partial charge is 0.505 e. The van der Waals surface area contributed by atoms with E-state index >= 15 is 0 Å². The number of carbonyl (C=O) groups excluding carboxylic acids is 1. The van der Waals surface area contributed by atoms with Crippen LogP contribution in [0.4, 0.5) is 17.3 Å². The van der Waals surface area contributed by atoms with E-state index in [0.717, 1.165) is 5.39 Å². The molecule has 10 nitrogen and oxygen atoms in total. The zero-order valence-corrected chi connectivity index (χ0v) is 19.3. The standard InChI is InChI=1S/C26H22N8O2/c1-26(18(15-27)16-30-34(26)22-11-5-7-13-29-22)33-32-23-19-9-3-2-8-17(19)14-20(24(23)35)25(36)31-21-10-4-6-12-28-21/h2-14,16,18,32-33,35H,1H3,(H,28,31,36). The molecule has 4 N–H and O–H groups in total. The average Bonchev–Trinajstić information content (AvgIpc) is 3.24. The molecule has 1 aliphatic rings. The van der Waals surface area contributed by atoms with Crippen LogP contribution in [0.1, 0.15) is 17.3 Å². The molecule has 1 aliphatic heterocycles.